The second kappa shape index (κ2) is 5.22. The Hall–Kier alpha value is -1.50. The summed E-state index contributed by atoms with van der Waals surface area (Å²) in [6.45, 7) is 0. The van der Waals surface area contributed by atoms with Gasteiger partial charge in [0.15, 0.2) is 6.10 Å². The van der Waals surface area contributed by atoms with Crippen molar-refractivity contribution in [3.8, 4) is 5.75 Å². The number of amides is 1. The van der Waals surface area contributed by atoms with Gasteiger partial charge >= 0.3 is 0 Å². The van der Waals surface area contributed by atoms with Gasteiger partial charge in [-0.2, -0.15) is 0 Å². The number of rotatable bonds is 4. The second-order valence-corrected chi connectivity index (χ2v) is 3.81. The first-order chi connectivity index (χ1) is 7.88. The van der Waals surface area contributed by atoms with E-state index in [0.717, 1.165) is 0 Å². The number of carbonyl (C=O) groups is 1. The first-order valence-electron chi connectivity index (χ1n) is 4.66. The maximum atomic E-state index is 10.8. The van der Waals surface area contributed by atoms with Crippen LogP contribution < -0.4 is 16.2 Å². The average molecular weight is 261 g/mol. The van der Waals surface area contributed by atoms with Crippen molar-refractivity contribution in [2.24, 2.45) is 5.73 Å². The molecule has 0 heterocycles. The zero-order valence-corrected chi connectivity index (χ0v) is 9.81. The number of ether oxygens (including phenoxy) is 1. The van der Waals surface area contributed by atoms with Crippen molar-refractivity contribution in [2.45, 2.75) is 12.2 Å². The lowest BCUT2D eigenvalue weighted by Crippen LogP contribution is -2.34. The minimum atomic E-state index is -1.75. The summed E-state index contributed by atoms with van der Waals surface area (Å²) >= 11 is 5.84. The molecule has 1 amide bonds. The molecule has 94 valence electrons. The van der Waals surface area contributed by atoms with Crippen LogP contribution in [-0.2, 0) is 4.79 Å². The van der Waals surface area contributed by atoms with Crippen LogP contribution in [0.1, 0.15) is 11.7 Å². The predicted molar refractivity (Wildman–Crippen MR) is 62.6 cm³/mol. The van der Waals surface area contributed by atoms with Crippen LogP contribution in [-0.4, -0.2) is 29.3 Å². The topological polar surface area (TPSA) is 119 Å². The molecule has 0 aliphatic carbocycles. The Bertz CT molecular complexity index is 439. The molecule has 1 rings (SSSR count). The third-order valence-electron chi connectivity index (χ3n) is 2.26. The zero-order chi connectivity index (χ0) is 13.2. The van der Waals surface area contributed by atoms with Gasteiger partial charge in [-0.3, -0.25) is 4.79 Å². The van der Waals surface area contributed by atoms with Crippen molar-refractivity contribution in [1.29, 1.82) is 0 Å². The van der Waals surface area contributed by atoms with Crippen LogP contribution in [0.25, 0.3) is 0 Å². The molecular formula is C10H13ClN2O4. The fraction of sp³-hybridized carbons (Fsp3) is 0.300. The Kier molecular flexibility index (Phi) is 4.17. The zero-order valence-electron chi connectivity index (χ0n) is 9.05. The Labute approximate surface area is 103 Å². The number of hydrogen-bond acceptors (Lipinski definition) is 5. The van der Waals surface area contributed by atoms with Crippen LogP contribution in [0.3, 0.4) is 0 Å². The van der Waals surface area contributed by atoms with Gasteiger partial charge in [-0.05, 0) is 12.1 Å². The number of anilines is 1. The lowest BCUT2D eigenvalue weighted by Gasteiger charge is -2.18. The molecule has 0 aliphatic heterocycles. The summed E-state index contributed by atoms with van der Waals surface area (Å²) in [5.41, 5.74) is 10.9. The van der Waals surface area contributed by atoms with Gasteiger partial charge < -0.3 is 26.4 Å². The van der Waals surface area contributed by atoms with Crippen molar-refractivity contribution in [3.05, 3.63) is 22.7 Å². The van der Waals surface area contributed by atoms with Crippen molar-refractivity contribution >= 4 is 23.2 Å². The van der Waals surface area contributed by atoms with Gasteiger partial charge in [-0.15, -0.1) is 0 Å². The van der Waals surface area contributed by atoms with E-state index in [4.69, 9.17) is 27.8 Å². The number of methoxy groups -OCH3 is 1. The number of nitrogen functional groups attached to an aromatic ring is 1. The molecule has 0 saturated heterocycles. The van der Waals surface area contributed by atoms with Crippen LogP contribution >= 0.6 is 11.6 Å². The monoisotopic (exact) mass is 260 g/mol. The Morgan fingerprint density at radius 1 is 1.47 bits per heavy atom. The van der Waals surface area contributed by atoms with Crippen LogP contribution in [0, 0.1) is 0 Å². The predicted octanol–water partition coefficient (Wildman–Crippen LogP) is -0.190. The molecule has 1 aromatic rings. The van der Waals surface area contributed by atoms with Crippen LogP contribution in [0.2, 0.25) is 5.02 Å². The Balaban J connectivity index is 3.17. The second-order valence-electron chi connectivity index (χ2n) is 3.41. The summed E-state index contributed by atoms with van der Waals surface area (Å²) in [6, 6.07) is 2.70. The molecule has 7 heteroatoms. The van der Waals surface area contributed by atoms with Gasteiger partial charge in [0.25, 0.3) is 0 Å². The highest BCUT2D eigenvalue weighted by Crippen LogP contribution is 2.33. The summed E-state index contributed by atoms with van der Waals surface area (Å²) in [7, 11) is 1.39. The van der Waals surface area contributed by atoms with Crippen molar-refractivity contribution in [3.63, 3.8) is 0 Å². The van der Waals surface area contributed by atoms with E-state index >= 15 is 0 Å². The molecule has 6 nitrogen and oxygen atoms in total. The van der Waals surface area contributed by atoms with Gasteiger partial charge in [-0.1, -0.05) is 11.6 Å². The molecule has 2 atom stereocenters. The van der Waals surface area contributed by atoms with E-state index in [1.54, 1.807) is 0 Å². The number of benzene rings is 1. The average Bonchev–Trinajstić information content (AvgIpc) is 2.27. The maximum absolute atomic E-state index is 10.8. The number of hydrogen-bond donors (Lipinski definition) is 4. The Morgan fingerprint density at radius 2 is 2.06 bits per heavy atom. The highest BCUT2D eigenvalue weighted by molar-refractivity contribution is 6.31. The van der Waals surface area contributed by atoms with Gasteiger partial charge in [0.1, 0.15) is 11.9 Å². The van der Waals surface area contributed by atoms with E-state index in [1.165, 1.54) is 19.2 Å². The van der Waals surface area contributed by atoms with Crippen LogP contribution in [0.15, 0.2) is 12.1 Å². The molecule has 6 N–H and O–H groups in total. The minimum Gasteiger partial charge on any atom is -0.495 e. The first-order valence-corrected chi connectivity index (χ1v) is 5.04. The normalized spacial score (nSPS) is 14.1. The lowest BCUT2D eigenvalue weighted by atomic mass is 10.0. The molecule has 0 saturated carbocycles. The fourth-order valence-electron chi connectivity index (χ4n) is 1.31. The van der Waals surface area contributed by atoms with Crippen molar-refractivity contribution < 1.29 is 19.7 Å². The summed E-state index contributed by atoms with van der Waals surface area (Å²) in [5.74, 6) is -0.774. The van der Waals surface area contributed by atoms with E-state index in [-0.39, 0.29) is 22.0 Å². The van der Waals surface area contributed by atoms with E-state index in [9.17, 15) is 15.0 Å². The van der Waals surface area contributed by atoms with Crippen LogP contribution in [0.4, 0.5) is 5.69 Å². The largest absolute Gasteiger partial charge is 0.495 e. The minimum absolute atomic E-state index is 0.108. The maximum Gasteiger partial charge on any atom is 0.249 e. The van der Waals surface area contributed by atoms with Gasteiger partial charge in [0.05, 0.1) is 12.8 Å². The quantitative estimate of drug-likeness (QED) is 0.560. The molecule has 0 spiro atoms. The summed E-state index contributed by atoms with van der Waals surface area (Å²) in [5, 5.41) is 19.2. The number of carbonyl (C=O) groups excluding carboxylic acids is 1. The standard InChI is InChI=1S/C10H13ClN2O4/c1-17-7-2-4(5(11)3-6(7)12)8(14)9(15)10(13)16/h2-3,8-9,14-15H,12H2,1H3,(H2,13,16). The smallest absolute Gasteiger partial charge is 0.249 e. The highest BCUT2D eigenvalue weighted by Gasteiger charge is 2.26. The molecule has 17 heavy (non-hydrogen) atoms. The fourth-order valence-corrected chi connectivity index (χ4v) is 1.60. The van der Waals surface area contributed by atoms with Crippen molar-refractivity contribution in [2.75, 3.05) is 12.8 Å². The molecule has 0 aliphatic rings. The summed E-state index contributed by atoms with van der Waals surface area (Å²) in [4.78, 5) is 10.8. The van der Waals surface area contributed by atoms with Gasteiger partial charge in [0.2, 0.25) is 5.91 Å². The first kappa shape index (κ1) is 13.6. The van der Waals surface area contributed by atoms with Crippen molar-refractivity contribution in [1.82, 2.24) is 0 Å². The number of aliphatic hydroxyl groups is 2. The van der Waals surface area contributed by atoms with E-state index in [2.05, 4.69) is 0 Å². The lowest BCUT2D eigenvalue weighted by molar-refractivity contribution is -0.131. The summed E-state index contributed by atoms with van der Waals surface area (Å²) < 4.78 is 4.94. The highest BCUT2D eigenvalue weighted by atomic mass is 35.5. The molecule has 0 aromatic heterocycles. The SMILES string of the molecule is COc1cc(C(O)C(O)C(N)=O)c(Cl)cc1N. The van der Waals surface area contributed by atoms with E-state index < -0.39 is 18.1 Å². The Morgan fingerprint density at radius 3 is 2.53 bits per heavy atom. The molecule has 0 bridgehead atoms. The molecule has 1 aromatic carbocycles. The van der Waals surface area contributed by atoms with E-state index in [0.29, 0.717) is 0 Å². The molecule has 0 fully saturated rings. The van der Waals surface area contributed by atoms with Crippen LogP contribution in [0.5, 0.6) is 5.75 Å². The summed E-state index contributed by atoms with van der Waals surface area (Å²) in [6.07, 6.45) is -3.28. The number of aliphatic hydroxyl groups excluding tert-OH is 2. The van der Waals surface area contributed by atoms with E-state index in [1.807, 2.05) is 0 Å². The third-order valence-corrected chi connectivity index (χ3v) is 2.59. The molecular weight excluding hydrogens is 248 g/mol. The number of nitrogens with two attached hydrogens (primary N) is 2. The molecule has 2 unspecified atom stereocenters. The molecule has 0 radical (unpaired) electrons. The van der Waals surface area contributed by atoms with Gasteiger partial charge in [0, 0.05) is 10.6 Å². The number of halogens is 1. The number of primary amides is 1. The third kappa shape index (κ3) is 2.79. The van der Waals surface area contributed by atoms with Gasteiger partial charge in [-0.25, -0.2) is 0 Å².